The lowest BCUT2D eigenvalue weighted by Crippen LogP contribution is -1.54. The van der Waals surface area contributed by atoms with Crippen LogP contribution in [-0.4, -0.2) is 0 Å². The van der Waals surface area contributed by atoms with Crippen LogP contribution in [0.4, 0.5) is 0 Å². The summed E-state index contributed by atoms with van der Waals surface area (Å²) in [6.07, 6.45) is 0.810. The molecule has 3 nitrogen and oxygen atoms in total. The van der Waals surface area contributed by atoms with E-state index in [2.05, 4.69) is 10.0 Å². The molecule has 0 amide bonds. The Morgan fingerprint density at radius 3 is 2.83 bits per heavy atom. The summed E-state index contributed by atoms with van der Waals surface area (Å²) in [5.74, 6) is 0. The second kappa shape index (κ2) is 4.31. The van der Waals surface area contributed by atoms with Crippen LogP contribution >= 0.6 is 0 Å². The summed E-state index contributed by atoms with van der Waals surface area (Å²) in [7, 11) is 0. The highest BCUT2D eigenvalue weighted by atomic mass is 15.1. The Bertz CT molecular complexity index is 62.4. The molecular formula is C3H6N3. The van der Waals surface area contributed by atoms with Crippen LogP contribution in [-0.2, 0) is 0 Å². The predicted molar refractivity (Wildman–Crippen MR) is 23.7 cm³/mol. The Kier molecular flexibility index (Phi) is 3.81. The van der Waals surface area contributed by atoms with Crippen molar-refractivity contribution in [1.82, 2.24) is 0 Å². The molecule has 0 aromatic rings. The van der Waals surface area contributed by atoms with E-state index in [0.717, 1.165) is 6.42 Å². The maximum atomic E-state index is 7.62. The van der Waals surface area contributed by atoms with Gasteiger partial charge in [0, 0.05) is 11.5 Å². The van der Waals surface area contributed by atoms with Crippen molar-refractivity contribution in [3.63, 3.8) is 0 Å². The molecule has 33 valence electrons. The van der Waals surface area contributed by atoms with Gasteiger partial charge in [-0.25, -0.2) is 0 Å². The predicted octanol–water partition coefficient (Wildman–Crippen LogP) is 1.87. The van der Waals surface area contributed by atoms with E-state index in [1.807, 2.05) is 6.92 Å². The zero-order valence-electron chi connectivity index (χ0n) is 3.63. The first-order chi connectivity index (χ1) is 2.91. The average molecular weight is 84.1 g/mol. The Morgan fingerprint density at radius 1 is 2.00 bits per heavy atom. The average Bonchev–Trinajstić information content (AvgIpc) is 1.61. The zero-order valence-corrected chi connectivity index (χ0v) is 3.63. The van der Waals surface area contributed by atoms with Gasteiger partial charge in [-0.2, -0.15) is 0 Å². The van der Waals surface area contributed by atoms with Gasteiger partial charge in [0.05, 0.1) is 0 Å². The summed E-state index contributed by atoms with van der Waals surface area (Å²) in [6.45, 7) is 3.43. The van der Waals surface area contributed by atoms with Crippen molar-refractivity contribution in [2.45, 2.75) is 13.3 Å². The molecule has 0 N–H and O–H groups in total. The molecule has 0 bridgehead atoms. The minimum Gasteiger partial charge on any atom is -0.0902 e. The zero-order chi connectivity index (χ0) is 4.83. The molecule has 0 aromatic heterocycles. The fourth-order valence-electron chi connectivity index (χ4n) is 0.118. The first-order valence-corrected chi connectivity index (χ1v) is 1.77. The molecule has 0 saturated carbocycles. The van der Waals surface area contributed by atoms with E-state index in [1.54, 1.807) is 0 Å². The van der Waals surface area contributed by atoms with Gasteiger partial charge >= 0.3 is 0 Å². The molecule has 6 heavy (non-hydrogen) atoms. The standard InChI is InChI=1S/C3H6N3/c1-2-3-5-6-4/h3H,2H2,1H3. The van der Waals surface area contributed by atoms with Gasteiger partial charge < -0.3 is 0 Å². The lowest BCUT2D eigenvalue weighted by Gasteiger charge is -1.70. The highest BCUT2D eigenvalue weighted by Gasteiger charge is 1.66. The first kappa shape index (κ1) is 5.31. The van der Waals surface area contributed by atoms with Crippen molar-refractivity contribution >= 4 is 0 Å². The smallest absolute Gasteiger partial charge is 0.0455 e. The summed E-state index contributed by atoms with van der Waals surface area (Å²) in [6, 6.07) is 0. The summed E-state index contributed by atoms with van der Waals surface area (Å²) in [5.41, 5.74) is 7.62. The fourth-order valence-corrected chi connectivity index (χ4v) is 0.118. The van der Waals surface area contributed by atoms with Crippen LogP contribution < -0.4 is 0 Å². The van der Waals surface area contributed by atoms with Gasteiger partial charge in [-0.05, 0) is 12.0 Å². The van der Waals surface area contributed by atoms with Crippen molar-refractivity contribution in [3.05, 3.63) is 17.0 Å². The van der Waals surface area contributed by atoms with Crippen molar-refractivity contribution in [3.8, 4) is 0 Å². The Hall–Kier alpha value is -0.690. The van der Waals surface area contributed by atoms with Crippen LogP contribution in [0, 0.1) is 6.54 Å². The topological polar surface area (TPSA) is 48.8 Å². The van der Waals surface area contributed by atoms with Crippen molar-refractivity contribution < 1.29 is 0 Å². The normalized spacial score (nSPS) is 6.83. The number of rotatable bonds is 2. The molecule has 0 unspecified atom stereocenters. The van der Waals surface area contributed by atoms with E-state index in [1.165, 1.54) is 6.54 Å². The van der Waals surface area contributed by atoms with E-state index in [0.29, 0.717) is 0 Å². The molecule has 0 aliphatic heterocycles. The lowest BCUT2D eigenvalue weighted by molar-refractivity contribution is 1.05. The highest BCUT2D eigenvalue weighted by Crippen LogP contribution is 1.82. The molecule has 1 radical (unpaired) electrons. The maximum absolute atomic E-state index is 7.62. The van der Waals surface area contributed by atoms with Gasteiger partial charge in [-0.3, -0.25) is 0 Å². The number of hydrogen-bond donors (Lipinski definition) is 0. The van der Waals surface area contributed by atoms with Gasteiger partial charge in [-0.1, -0.05) is 12.0 Å². The summed E-state index contributed by atoms with van der Waals surface area (Å²) < 4.78 is 0. The second-order valence-electron chi connectivity index (χ2n) is 0.796. The fraction of sp³-hybridized carbons (Fsp3) is 0.667. The minimum atomic E-state index is 0.810. The van der Waals surface area contributed by atoms with Crippen LogP contribution in [0.15, 0.2) is 5.11 Å². The first-order valence-electron chi connectivity index (χ1n) is 1.77. The molecule has 0 rings (SSSR count). The number of hydrogen-bond acceptors (Lipinski definition) is 1. The second-order valence-corrected chi connectivity index (χ2v) is 0.796. The van der Waals surface area contributed by atoms with Crippen LogP contribution in [0.2, 0.25) is 0 Å². The van der Waals surface area contributed by atoms with E-state index >= 15 is 0 Å². The molecule has 0 fully saturated rings. The minimum absolute atomic E-state index is 0.810. The third-order valence-electron chi connectivity index (χ3n) is 0.316. The van der Waals surface area contributed by atoms with Gasteiger partial charge in [0.25, 0.3) is 0 Å². The molecule has 0 heterocycles. The van der Waals surface area contributed by atoms with Crippen molar-refractivity contribution in [2.75, 3.05) is 0 Å². The molecule has 3 heteroatoms. The third-order valence-corrected chi connectivity index (χ3v) is 0.316. The van der Waals surface area contributed by atoms with Crippen molar-refractivity contribution in [1.29, 1.82) is 0 Å². The quantitative estimate of drug-likeness (QED) is 0.278. The van der Waals surface area contributed by atoms with Crippen LogP contribution in [0.3, 0.4) is 0 Å². The van der Waals surface area contributed by atoms with Crippen LogP contribution in [0.1, 0.15) is 13.3 Å². The van der Waals surface area contributed by atoms with Gasteiger partial charge in [0.1, 0.15) is 0 Å². The lowest BCUT2D eigenvalue weighted by atomic mass is 10.5. The maximum Gasteiger partial charge on any atom is 0.0455 e. The summed E-state index contributed by atoms with van der Waals surface area (Å²) >= 11 is 0. The van der Waals surface area contributed by atoms with Gasteiger partial charge in [0.15, 0.2) is 0 Å². The number of nitrogens with zero attached hydrogens (tertiary/aromatic N) is 3. The SMILES string of the molecule is CC[CH]N=[N+]=[N-]. The summed E-state index contributed by atoms with van der Waals surface area (Å²) in [4.78, 5) is 2.49. The Morgan fingerprint density at radius 2 is 2.67 bits per heavy atom. The van der Waals surface area contributed by atoms with Crippen molar-refractivity contribution in [2.24, 2.45) is 5.11 Å². The van der Waals surface area contributed by atoms with Gasteiger partial charge in [0.2, 0.25) is 0 Å². The third kappa shape index (κ3) is 3.31. The van der Waals surface area contributed by atoms with Crippen LogP contribution in [0.5, 0.6) is 0 Å². The van der Waals surface area contributed by atoms with Gasteiger partial charge in [-0.15, -0.1) is 0 Å². The van der Waals surface area contributed by atoms with Crippen LogP contribution in [0.25, 0.3) is 10.4 Å². The van der Waals surface area contributed by atoms with E-state index in [-0.39, 0.29) is 0 Å². The molecular weight excluding hydrogens is 78.1 g/mol. The molecule has 0 saturated heterocycles. The molecule has 0 aromatic carbocycles. The molecule has 0 aliphatic carbocycles. The molecule has 0 spiro atoms. The summed E-state index contributed by atoms with van der Waals surface area (Å²) in [5, 5.41) is 3.15. The Labute approximate surface area is 36.6 Å². The monoisotopic (exact) mass is 84.1 g/mol. The largest absolute Gasteiger partial charge is 0.0902 e. The van der Waals surface area contributed by atoms with E-state index in [9.17, 15) is 0 Å². The van der Waals surface area contributed by atoms with E-state index < -0.39 is 0 Å². The van der Waals surface area contributed by atoms with E-state index in [4.69, 9.17) is 5.53 Å². The Balaban J connectivity index is 2.86. The highest BCUT2D eigenvalue weighted by molar-refractivity contribution is 4.56. The molecule has 0 aliphatic rings. The molecule has 0 atom stereocenters. The number of azide groups is 1.